The van der Waals surface area contributed by atoms with Gasteiger partial charge in [0.25, 0.3) is 0 Å². The van der Waals surface area contributed by atoms with E-state index >= 15 is 0 Å². The number of nitriles is 1. The number of carbonyl (C=O) groups is 1. The maximum absolute atomic E-state index is 12.5. The van der Waals surface area contributed by atoms with Crippen LogP contribution >= 0.6 is 23.1 Å². The Morgan fingerprint density at radius 1 is 1.41 bits per heavy atom. The normalized spacial score (nSPS) is 12.8. The number of aromatic nitrogens is 4. The second-order valence-electron chi connectivity index (χ2n) is 6.44. The number of hydrogen-bond donors (Lipinski definition) is 1. The van der Waals surface area contributed by atoms with Crippen LogP contribution in [0.3, 0.4) is 0 Å². The summed E-state index contributed by atoms with van der Waals surface area (Å²) in [7, 11) is 1.59. The maximum Gasteiger partial charge on any atom is 0.235 e. The van der Waals surface area contributed by atoms with Gasteiger partial charge in [0.15, 0.2) is 0 Å². The van der Waals surface area contributed by atoms with Crippen LogP contribution in [-0.4, -0.2) is 39.0 Å². The van der Waals surface area contributed by atoms with Gasteiger partial charge in [-0.15, -0.1) is 16.4 Å². The Morgan fingerprint density at radius 2 is 2.28 bits per heavy atom. The molecule has 0 radical (unpaired) electrons. The highest BCUT2D eigenvalue weighted by Crippen LogP contribution is 2.37. The van der Waals surface area contributed by atoms with E-state index in [-0.39, 0.29) is 11.7 Å². The van der Waals surface area contributed by atoms with Gasteiger partial charge in [0.2, 0.25) is 11.1 Å². The van der Waals surface area contributed by atoms with Crippen LogP contribution in [0.15, 0.2) is 29.4 Å². The number of hydrogen-bond acceptors (Lipinski definition) is 8. The van der Waals surface area contributed by atoms with E-state index in [4.69, 9.17) is 4.74 Å². The van der Waals surface area contributed by atoms with Crippen LogP contribution in [0.4, 0.5) is 5.00 Å². The monoisotopic (exact) mass is 426 g/mol. The first kappa shape index (κ1) is 19.4. The van der Waals surface area contributed by atoms with Crippen LogP contribution in [0.25, 0.3) is 5.69 Å². The molecule has 1 aliphatic rings. The number of nitrogens with zero attached hydrogens (tertiary/aromatic N) is 5. The molecule has 8 nitrogen and oxygen atoms in total. The van der Waals surface area contributed by atoms with Crippen LogP contribution in [0.2, 0.25) is 0 Å². The summed E-state index contributed by atoms with van der Waals surface area (Å²) in [5, 5.41) is 25.3. The minimum atomic E-state index is -0.190. The highest BCUT2D eigenvalue weighted by Gasteiger charge is 2.22. The number of carbonyl (C=O) groups excluding carboxylic acids is 1. The van der Waals surface area contributed by atoms with Crippen LogP contribution in [-0.2, 0) is 17.6 Å². The number of anilines is 1. The second kappa shape index (κ2) is 8.63. The van der Waals surface area contributed by atoms with Gasteiger partial charge in [-0.3, -0.25) is 4.79 Å². The molecule has 1 amide bonds. The molecule has 0 saturated carbocycles. The molecule has 0 atom stereocenters. The van der Waals surface area contributed by atoms with Gasteiger partial charge in [0.05, 0.1) is 24.1 Å². The summed E-state index contributed by atoms with van der Waals surface area (Å²) in [6.45, 7) is 0. The molecular formula is C19H18N6O2S2. The predicted octanol–water partition coefficient (Wildman–Crippen LogP) is 3.21. The van der Waals surface area contributed by atoms with E-state index < -0.39 is 0 Å². The van der Waals surface area contributed by atoms with Crippen molar-refractivity contribution >= 4 is 34.0 Å². The number of tetrazole rings is 1. The lowest BCUT2D eigenvalue weighted by atomic mass is 9.96. The van der Waals surface area contributed by atoms with Crippen molar-refractivity contribution in [3.8, 4) is 17.5 Å². The van der Waals surface area contributed by atoms with Crippen molar-refractivity contribution in [3.63, 3.8) is 0 Å². The Kier molecular flexibility index (Phi) is 5.78. The van der Waals surface area contributed by atoms with Gasteiger partial charge < -0.3 is 10.1 Å². The summed E-state index contributed by atoms with van der Waals surface area (Å²) in [6, 6.07) is 9.62. The van der Waals surface area contributed by atoms with E-state index in [1.54, 1.807) is 11.8 Å². The van der Waals surface area contributed by atoms with E-state index in [0.717, 1.165) is 36.9 Å². The number of fused-ring (bicyclic) bond motifs is 1. The fraction of sp³-hybridized carbons (Fsp3) is 0.316. The van der Waals surface area contributed by atoms with Crippen LogP contribution < -0.4 is 10.1 Å². The molecule has 0 unspecified atom stereocenters. The fourth-order valence-corrected chi connectivity index (χ4v) is 5.18. The maximum atomic E-state index is 12.5. The average molecular weight is 427 g/mol. The Bertz CT molecular complexity index is 1080. The Hall–Kier alpha value is -2.90. The first-order valence-electron chi connectivity index (χ1n) is 9.09. The molecule has 0 bridgehead atoms. The minimum Gasteiger partial charge on any atom is -0.497 e. The van der Waals surface area contributed by atoms with Gasteiger partial charge in [0, 0.05) is 10.9 Å². The van der Waals surface area contributed by atoms with Crippen LogP contribution in [0.5, 0.6) is 5.75 Å². The molecule has 0 saturated heterocycles. The molecule has 0 spiro atoms. The van der Waals surface area contributed by atoms with Gasteiger partial charge in [-0.2, -0.15) is 9.94 Å². The number of aryl methyl sites for hydroxylation is 1. The van der Waals surface area contributed by atoms with Crippen LogP contribution in [0, 0.1) is 11.3 Å². The van der Waals surface area contributed by atoms with Crippen molar-refractivity contribution in [1.29, 1.82) is 5.26 Å². The van der Waals surface area contributed by atoms with Crippen molar-refractivity contribution in [3.05, 3.63) is 40.3 Å². The molecule has 0 fully saturated rings. The van der Waals surface area contributed by atoms with Gasteiger partial charge in [0.1, 0.15) is 16.8 Å². The first-order chi connectivity index (χ1) is 14.2. The van der Waals surface area contributed by atoms with Crippen molar-refractivity contribution in [2.45, 2.75) is 30.8 Å². The fourth-order valence-electron chi connectivity index (χ4n) is 3.24. The van der Waals surface area contributed by atoms with E-state index in [1.165, 1.54) is 28.0 Å². The van der Waals surface area contributed by atoms with Gasteiger partial charge in [-0.05, 0) is 53.8 Å². The lowest BCUT2D eigenvalue weighted by molar-refractivity contribution is -0.113. The molecule has 0 aliphatic heterocycles. The number of methoxy groups -OCH3 is 1. The number of nitrogens with one attached hydrogen (secondary N) is 1. The second-order valence-corrected chi connectivity index (χ2v) is 8.49. The first-order valence-corrected chi connectivity index (χ1v) is 10.9. The summed E-state index contributed by atoms with van der Waals surface area (Å²) in [4.78, 5) is 13.7. The van der Waals surface area contributed by atoms with E-state index in [2.05, 4.69) is 26.9 Å². The molecule has 4 rings (SSSR count). The molecule has 148 valence electrons. The number of benzene rings is 1. The molecule has 1 aromatic carbocycles. The predicted molar refractivity (Wildman–Crippen MR) is 111 cm³/mol. The largest absolute Gasteiger partial charge is 0.497 e. The van der Waals surface area contributed by atoms with E-state index in [1.807, 2.05) is 24.3 Å². The minimum absolute atomic E-state index is 0.137. The molecule has 10 heteroatoms. The number of ether oxygens (including phenoxy) is 1. The number of amides is 1. The van der Waals surface area contributed by atoms with Gasteiger partial charge >= 0.3 is 0 Å². The SMILES string of the molecule is COc1cccc(-n2nnnc2SCC(=O)Nc2sc3c(c2C#N)CCCC3)c1. The lowest BCUT2D eigenvalue weighted by Gasteiger charge is -2.09. The zero-order chi connectivity index (χ0) is 20.2. The van der Waals surface area contributed by atoms with Crippen molar-refractivity contribution < 1.29 is 9.53 Å². The highest BCUT2D eigenvalue weighted by atomic mass is 32.2. The highest BCUT2D eigenvalue weighted by molar-refractivity contribution is 7.99. The number of thioether (sulfide) groups is 1. The quantitative estimate of drug-likeness (QED) is 0.603. The molecule has 29 heavy (non-hydrogen) atoms. The zero-order valence-corrected chi connectivity index (χ0v) is 17.3. The number of rotatable bonds is 6. The molecule has 1 aliphatic carbocycles. The van der Waals surface area contributed by atoms with Crippen molar-refractivity contribution in [2.75, 3.05) is 18.2 Å². The summed E-state index contributed by atoms with van der Waals surface area (Å²) in [5.74, 6) is 0.639. The Labute approximate surface area is 175 Å². The van der Waals surface area contributed by atoms with Crippen molar-refractivity contribution in [1.82, 2.24) is 20.2 Å². The Morgan fingerprint density at radius 3 is 3.10 bits per heavy atom. The van der Waals surface area contributed by atoms with Crippen molar-refractivity contribution in [2.24, 2.45) is 0 Å². The van der Waals surface area contributed by atoms with Gasteiger partial charge in [-0.25, -0.2) is 0 Å². The van der Waals surface area contributed by atoms with E-state index in [9.17, 15) is 10.1 Å². The standard InChI is InChI=1S/C19H18N6O2S2/c1-27-13-6-4-5-12(9-13)25-19(22-23-24-25)28-11-17(26)21-18-15(10-20)14-7-2-3-8-16(14)29-18/h4-6,9H,2-3,7-8,11H2,1H3,(H,21,26). The lowest BCUT2D eigenvalue weighted by Crippen LogP contribution is -2.14. The van der Waals surface area contributed by atoms with E-state index in [0.29, 0.717) is 21.5 Å². The third-order valence-electron chi connectivity index (χ3n) is 4.61. The zero-order valence-electron chi connectivity index (χ0n) is 15.7. The summed E-state index contributed by atoms with van der Waals surface area (Å²) >= 11 is 2.75. The molecule has 3 aromatic rings. The molecule has 2 heterocycles. The average Bonchev–Trinajstić information content (AvgIpc) is 3.36. The summed E-state index contributed by atoms with van der Waals surface area (Å²) in [5.41, 5.74) is 2.47. The third kappa shape index (κ3) is 4.11. The summed E-state index contributed by atoms with van der Waals surface area (Å²) in [6.07, 6.45) is 4.12. The topological polar surface area (TPSA) is 106 Å². The molecular weight excluding hydrogens is 408 g/mol. The number of thiophene rings is 1. The molecule has 2 aromatic heterocycles. The van der Waals surface area contributed by atoms with Gasteiger partial charge in [-0.1, -0.05) is 17.8 Å². The van der Waals surface area contributed by atoms with Crippen LogP contribution in [0.1, 0.15) is 28.8 Å². The smallest absolute Gasteiger partial charge is 0.235 e. The Balaban J connectivity index is 1.45. The molecule has 1 N–H and O–H groups in total. The third-order valence-corrected chi connectivity index (χ3v) is 6.73. The summed E-state index contributed by atoms with van der Waals surface area (Å²) < 4.78 is 6.80.